The van der Waals surface area contributed by atoms with Gasteiger partial charge in [-0.2, -0.15) is 5.26 Å². The molecule has 1 N–H and O–H groups in total. The number of carbonyl (C=O) groups excluding carboxylic acids is 1. The molecule has 2 aromatic carbocycles. The first-order valence-electron chi connectivity index (χ1n) is 9.18. The topological polar surface area (TPSA) is 87.9 Å². The van der Waals surface area contributed by atoms with Crippen molar-refractivity contribution in [2.45, 2.75) is 26.4 Å². The summed E-state index contributed by atoms with van der Waals surface area (Å²) in [7, 11) is 0. The normalized spacial score (nSPS) is 11.2. The third kappa shape index (κ3) is 5.72. The molecule has 0 fully saturated rings. The maximum absolute atomic E-state index is 12.9. The zero-order chi connectivity index (χ0) is 21.5. The molecule has 0 saturated carbocycles. The van der Waals surface area contributed by atoms with Gasteiger partial charge in [0.15, 0.2) is 0 Å². The van der Waals surface area contributed by atoms with Gasteiger partial charge in [0, 0.05) is 5.92 Å². The molecule has 3 aromatic rings. The van der Waals surface area contributed by atoms with E-state index in [9.17, 15) is 14.4 Å². The first-order valence-corrected chi connectivity index (χ1v) is 10.00. The Hall–Kier alpha value is -3.57. The van der Waals surface area contributed by atoms with Crippen LogP contribution >= 0.6 is 11.3 Å². The molecule has 1 heterocycles. The zero-order valence-corrected chi connectivity index (χ0v) is 17.2. The lowest BCUT2D eigenvalue weighted by Gasteiger charge is -2.07. The molecule has 0 radical (unpaired) electrons. The average Bonchev–Trinajstić information content (AvgIpc) is 3.21. The SMILES string of the molecule is CC(C)c1nnc(NC(=O)/C(C#N)=C\c2ccc(OCc3ccc(F)cc3)cc2)s1. The highest BCUT2D eigenvalue weighted by molar-refractivity contribution is 7.15. The van der Waals surface area contributed by atoms with Gasteiger partial charge >= 0.3 is 0 Å². The third-order valence-corrected chi connectivity index (χ3v) is 5.17. The van der Waals surface area contributed by atoms with E-state index < -0.39 is 5.91 Å². The van der Waals surface area contributed by atoms with Crippen LogP contribution in [0.4, 0.5) is 9.52 Å². The zero-order valence-electron chi connectivity index (χ0n) is 16.4. The van der Waals surface area contributed by atoms with Crippen molar-refractivity contribution in [3.8, 4) is 11.8 Å². The molecule has 0 spiro atoms. The maximum Gasteiger partial charge on any atom is 0.268 e. The van der Waals surface area contributed by atoms with E-state index in [0.29, 0.717) is 23.1 Å². The standard InChI is InChI=1S/C22H19FN4O2S/c1-14(2)21-26-27-22(30-21)25-20(28)17(12-24)11-15-5-9-19(10-6-15)29-13-16-3-7-18(23)8-4-16/h3-11,14H,13H2,1-2H3,(H,25,27,28)/b17-11-. The molecule has 0 atom stereocenters. The van der Waals surface area contributed by atoms with Gasteiger partial charge in [0.1, 0.15) is 34.8 Å². The fourth-order valence-corrected chi connectivity index (χ4v) is 3.15. The van der Waals surface area contributed by atoms with Crippen molar-refractivity contribution in [2.24, 2.45) is 0 Å². The number of aromatic nitrogens is 2. The molecule has 0 unspecified atom stereocenters. The molecule has 1 aromatic heterocycles. The minimum Gasteiger partial charge on any atom is -0.489 e. The number of nitriles is 1. The average molecular weight is 422 g/mol. The van der Waals surface area contributed by atoms with Crippen LogP contribution in [0.3, 0.4) is 0 Å². The number of anilines is 1. The second-order valence-corrected chi connectivity index (χ2v) is 7.72. The van der Waals surface area contributed by atoms with Crippen LogP contribution in [0, 0.1) is 17.1 Å². The summed E-state index contributed by atoms with van der Waals surface area (Å²) in [6.07, 6.45) is 1.49. The van der Waals surface area contributed by atoms with Crippen molar-refractivity contribution in [3.05, 3.63) is 76.1 Å². The number of ether oxygens (including phenoxy) is 1. The van der Waals surface area contributed by atoms with Crippen LogP contribution < -0.4 is 10.1 Å². The number of amides is 1. The predicted octanol–water partition coefficient (Wildman–Crippen LogP) is 4.93. The minimum atomic E-state index is -0.541. The Bertz CT molecular complexity index is 1080. The molecule has 0 aliphatic heterocycles. The maximum atomic E-state index is 12.9. The molecule has 1 amide bonds. The van der Waals surface area contributed by atoms with E-state index >= 15 is 0 Å². The van der Waals surface area contributed by atoms with E-state index in [-0.39, 0.29) is 17.3 Å². The summed E-state index contributed by atoms with van der Waals surface area (Å²) >= 11 is 1.28. The number of hydrogen-bond acceptors (Lipinski definition) is 6. The Morgan fingerprint density at radius 1 is 1.20 bits per heavy atom. The van der Waals surface area contributed by atoms with Crippen LogP contribution in [-0.4, -0.2) is 16.1 Å². The first kappa shape index (κ1) is 21.1. The van der Waals surface area contributed by atoms with Gasteiger partial charge in [-0.05, 0) is 41.5 Å². The van der Waals surface area contributed by atoms with E-state index in [1.165, 1.54) is 29.5 Å². The van der Waals surface area contributed by atoms with Crippen molar-refractivity contribution < 1.29 is 13.9 Å². The second-order valence-electron chi connectivity index (χ2n) is 6.71. The highest BCUT2D eigenvalue weighted by Crippen LogP contribution is 2.23. The van der Waals surface area contributed by atoms with Crippen LogP contribution in [0.25, 0.3) is 6.08 Å². The summed E-state index contributed by atoms with van der Waals surface area (Å²) in [5.74, 6) is -0.00303. The summed E-state index contributed by atoms with van der Waals surface area (Å²) < 4.78 is 18.6. The van der Waals surface area contributed by atoms with Gasteiger partial charge in [0.2, 0.25) is 5.13 Å². The molecule has 0 saturated heterocycles. The Morgan fingerprint density at radius 3 is 2.50 bits per heavy atom. The van der Waals surface area contributed by atoms with E-state index in [1.54, 1.807) is 36.4 Å². The van der Waals surface area contributed by atoms with Crippen molar-refractivity contribution in [1.82, 2.24) is 10.2 Å². The van der Waals surface area contributed by atoms with Gasteiger partial charge in [-0.3, -0.25) is 10.1 Å². The fraction of sp³-hybridized carbons (Fsp3) is 0.182. The highest BCUT2D eigenvalue weighted by atomic mass is 32.1. The third-order valence-electron chi connectivity index (χ3n) is 4.03. The molecule has 6 nitrogen and oxygen atoms in total. The van der Waals surface area contributed by atoms with E-state index in [0.717, 1.165) is 10.6 Å². The monoisotopic (exact) mass is 422 g/mol. The van der Waals surface area contributed by atoms with Crippen LogP contribution in [-0.2, 0) is 11.4 Å². The lowest BCUT2D eigenvalue weighted by Crippen LogP contribution is -2.13. The number of halogens is 1. The van der Waals surface area contributed by atoms with Crippen molar-refractivity contribution in [3.63, 3.8) is 0 Å². The molecule has 8 heteroatoms. The fourth-order valence-electron chi connectivity index (χ4n) is 2.41. The number of nitrogens with one attached hydrogen (secondary N) is 1. The Kier molecular flexibility index (Phi) is 6.88. The van der Waals surface area contributed by atoms with Crippen molar-refractivity contribution >= 4 is 28.5 Å². The van der Waals surface area contributed by atoms with Crippen molar-refractivity contribution in [1.29, 1.82) is 5.26 Å². The number of hydrogen-bond donors (Lipinski definition) is 1. The highest BCUT2D eigenvalue weighted by Gasteiger charge is 2.14. The van der Waals surface area contributed by atoms with Crippen LogP contribution in [0.2, 0.25) is 0 Å². The Balaban J connectivity index is 1.62. The van der Waals surface area contributed by atoms with E-state index in [4.69, 9.17) is 4.74 Å². The van der Waals surface area contributed by atoms with Crippen LogP contribution in [0.15, 0.2) is 54.1 Å². The minimum absolute atomic E-state index is 0.0451. The van der Waals surface area contributed by atoms with Gasteiger partial charge < -0.3 is 4.74 Å². The summed E-state index contributed by atoms with van der Waals surface area (Å²) in [5, 5.41) is 21.1. The molecule has 0 aliphatic carbocycles. The number of benzene rings is 2. The smallest absolute Gasteiger partial charge is 0.268 e. The number of nitrogens with zero attached hydrogens (tertiary/aromatic N) is 3. The lowest BCUT2D eigenvalue weighted by molar-refractivity contribution is -0.112. The number of rotatable bonds is 7. The predicted molar refractivity (Wildman–Crippen MR) is 113 cm³/mol. The number of carbonyl (C=O) groups is 1. The summed E-state index contributed by atoms with van der Waals surface area (Å²) in [6.45, 7) is 4.28. The van der Waals surface area contributed by atoms with Gasteiger partial charge in [-0.15, -0.1) is 10.2 Å². The van der Waals surface area contributed by atoms with Gasteiger partial charge in [0.25, 0.3) is 5.91 Å². The molecular weight excluding hydrogens is 403 g/mol. The first-order chi connectivity index (χ1) is 14.4. The lowest BCUT2D eigenvalue weighted by atomic mass is 10.1. The van der Waals surface area contributed by atoms with Gasteiger partial charge in [-0.25, -0.2) is 4.39 Å². The Morgan fingerprint density at radius 2 is 1.90 bits per heavy atom. The van der Waals surface area contributed by atoms with Gasteiger partial charge in [-0.1, -0.05) is 49.4 Å². The summed E-state index contributed by atoms with van der Waals surface area (Å²) in [6, 6.07) is 15.0. The van der Waals surface area contributed by atoms with Crippen LogP contribution in [0.1, 0.15) is 35.9 Å². The molecular formula is C22H19FN4O2S. The summed E-state index contributed by atoms with van der Waals surface area (Å²) in [5.41, 5.74) is 1.48. The molecule has 0 aliphatic rings. The quantitative estimate of drug-likeness (QED) is 0.431. The molecule has 152 valence electrons. The Labute approximate surface area is 177 Å². The molecule has 3 rings (SSSR count). The molecule has 30 heavy (non-hydrogen) atoms. The van der Waals surface area contributed by atoms with E-state index in [2.05, 4.69) is 15.5 Å². The summed E-state index contributed by atoms with van der Waals surface area (Å²) in [4.78, 5) is 12.4. The van der Waals surface area contributed by atoms with Crippen LogP contribution in [0.5, 0.6) is 5.75 Å². The van der Waals surface area contributed by atoms with Gasteiger partial charge in [0.05, 0.1) is 0 Å². The molecule has 0 bridgehead atoms. The van der Waals surface area contributed by atoms with E-state index in [1.807, 2.05) is 19.9 Å². The second kappa shape index (κ2) is 9.76. The largest absolute Gasteiger partial charge is 0.489 e. The van der Waals surface area contributed by atoms with Crippen molar-refractivity contribution in [2.75, 3.05) is 5.32 Å².